The Labute approximate surface area is 107 Å². The highest BCUT2D eigenvalue weighted by Gasteiger charge is 2.19. The van der Waals surface area contributed by atoms with E-state index in [1.54, 1.807) is 6.07 Å². The van der Waals surface area contributed by atoms with Crippen molar-refractivity contribution < 1.29 is 19.8 Å². The van der Waals surface area contributed by atoms with Crippen LogP contribution in [0.1, 0.15) is 18.9 Å². The number of carboxylic acid groups (broad SMARTS) is 1. The summed E-state index contributed by atoms with van der Waals surface area (Å²) >= 11 is 3.30. The van der Waals surface area contributed by atoms with Gasteiger partial charge in [-0.15, -0.1) is 0 Å². The topological polar surface area (TPSA) is 74.6 Å². The first-order valence-electron chi connectivity index (χ1n) is 5.09. The fraction of sp³-hybridized carbons (Fsp3) is 0.333. The lowest BCUT2D eigenvalue weighted by Gasteiger charge is -2.12. The van der Waals surface area contributed by atoms with Crippen molar-refractivity contribution >= 4 is 27.7 Å². The fourth-order valence-electron chi connectivity index (χ4n) is 1.55. The van der Waals surface area contributed by atoms with Gasteiger partial charge in [0, 0.05) is 10.4 Å². The van der Waals surface area contributed by atoms with Crippen LogP contribution in [0.15, 0.2) is 22.7 Å². The predicted molar refractivity (Wildman–Crippen MR) is 65.9 cm³/mol. The van der Waals surface area contributed by atoms with Gasteiger partial charge in [-0.3, -0.25) is 9.59 Å². The van der Waals surface area contributed by atoms with Crippen molar-refractivity contribution in [3.8, 4) is 5.75 Å². The van der Waals surface area contributed by atoms with Crippen LogP contribution in [-0.2, 0) is 16.0 Å². The van der Waals surface area contributed by atoms with E-state index in [9.17, 15) is 14.7 Å². The number of carboxylic acids is 1. The number of carbonyl (C=O) groups excluding carboxylic acids is 1. The van der Waals surface area contributed by atoms with Gasteiger partial charge >= 0.3 is 5.97 Å². The highest BCUT2D eigenvalue weighted by molar-refractivity contribution is 9.10. The minimum Gasteiger partial charge on any atom is -0.508 e. The van der Waals surface area contributed by atoms with Crippen LogP contribution >= 0.6 is 15.9 Å². The van der Waals surface area contributed by atoms with Gasteiger partial charge in [0.25, 0.3) is 0 Å². The summed E-state index contributed by atoms with van der Waals surface area (Å²) in [5.41, 5.74) is 0.728. The average Bonchev–Trinajstić information content (AvgIpc) is 2.21. The van der Waals surface area contributed by atoms with Gasteiger partial charge in [0.15, 0.2) is 0 Å². The van der Waals surface area contributed by atoms with E-state index in [1.165, 1.54) is 19.1 Å². The maximum Gasteiger partial charge on any atom is 0.304 e. The van der Waals surface area contributed by atoms with Crippen LogP contribution in [0.2, 0.25) is 0 Å². The van der Waals surface area contributed by atoms with E-state index >= 15 is 0 Å². The molecular formula is C12H13BrO4. The van der Waals surface area contributed by atoms with Crippen LogP contribution in [0.4, 0.5) is 0 Å². The standard InChI is InChI=1S/C12H13BrO4/c1-7(14)8(6-12(16)17)4-9-5-10(15)2-3-11(9)13/h2-3,5,8,15H,4,6H2,1H3,(H,16,17). The Morgan fingerprint density at radius 1 is 1.41 bits per heavy atom. The molecule has 1 atom stereocenters. The molecule has 0 heterocycles. The van der Waals surface area contributed by atoms with Gasteiger partial charge in [0.2, 0.25) is 0 Å². The van der Waals surface area contributed by atoms with E-state index in [4.69, 9.17) is 5.11 Å². The monoisotopic (exact) mass is 300 g/mol. The molecule has 1 aromatic carbocycles. The molecule has 92 valence electrons. The molecule has 0 bridgehead atoms. The molecule has 0 saturated heterocycles. The molecule has 1 rings (SSSR count). The zero-order valence-electron chi connectivity index (χ0n) is 9.31. The van der Waals surface area contributed by atoms with Gasteiger partial charge in [-0.05, 0) is 37.1 Å². The van der Waals surface area contributed by atoms with Crippen LogP contribution < -0.4 is 0 Å². The van der Waals surface area contributed by atoms with Crippen LogP contribution in [0.3, 0.4) is 0 Å². The Balaban J connectivity index is 2.89. The molecular weight excluding hydrogens is 288 g/mol. The Morgan fingerprint density at radius 3 is 2.59 bits per heavy atom. The molecule has 0 aliphatic carbocycles. The van der Waals surface area contributed by atoms with Crippen LogP contribution in [-0.4, -0.2) is 22.0 Å². The minimum absolute atomic E-state index is 0.0980. The van der Waals surface area contributed by atoms with E-state index in [0.717, 1.165) is 10.0 Å². The summed E-state index contributed by atoms with van der Waals surface area (Å²) in [4.78, 5) is 22.0. The quantitative estimate of drug-likeness (QED) is 0.875. The number of carbonyl (C=O) groups is 2. The Kier molecular flexibility index (Phi) is 4.69. The van der Waals surface area contributed by atoms with Gasteiger partial charge in [-0.25, -0.2) is 0 Å². The van der Waals surface area contributed by atoms with E-state index < -0.39 is 11.9 Å². The molecule has 4 nitrogen and oxygen atoms in total. The van der Waals surface area contributed by atoms with E-state index in [0.29, 0.717) is 6.42 Å². The van der Waals surface area contributed by atoms with Crippen molar-refractivity contribution in [1.29, 1.82) is 0 Å². The summed E-state index contributed by atoms with van der Waals surface area (Å²) in [6, 6.07) is 4.72. The fourth-order valence-corrected chi connectivity index (χ4v) is 1.96. The molecule has 17 heavy (non-hydrogen) atoms. The molecule has 1 aromatic rings. The highest BCUT2D eigenvalue weighted by atomic mass is 79.9. The molecule has 2 N–H and O–H groups in total. The third kappa shape index (κ3) is 4.19. The number of benzene rings is 1. The SMILES string of the molecule is CC(=O)C(CC(=O)O)Cc1cc(O)ccc1Br. The third-order valence-electron chi connectivity index (χ3n) is 2.49. The number of Topliss-reactive ketones (excluding diaryl/α,β-unsaturated/α-hetero) is 1. The van der Waals surface area contributed by atoms with Crippen molar-refractivity contribution in [3.05, 3.63) is 28.2 Å². The molecule has 0 aromatic heterocycles. The lowest BCUT2D eigenvalue weighted by Crippen LogP contribution is -2.18. The highest BCUT2D eigenvalue weighted by Crippen LogP contribution is 2.25. The molecule has 0 aliphatic heterocycles. The van der Waals surface area contributed by atoms with Gasteiger partial charge in [-0.2, -0.15) is 0 Å². The number of phenolic OH excluding ortho intramolecular Hbond substituents is 1. The summed E-state index contributed by atoms with van der Waals surface area (Å²) in [6.07, 6.45) is 0.105. The van der Waals surface area contributed by atoms with Crippen molar-refractivity contribution in [2.75, 3.05) is 0 Å². The lowest BCUT2D eigenvalue weighted by atomic mass is 9.93. The van der Waals surface area contributed by atoms with Gasteiger partial charge in [-0.1, -0.05) is 15.9 Å². The number of ketones is 1. The number of halogens is 1. The number of hydrogen-bond donors (Lipinski definition) is 2. The number of aliphatic carboxylic acids is 1. The summed E-state index contributed by atoms with van der Waals surface area (Å²) in [7, 11) is 0. The lowest BCUT2D eigenvalue weighted by molar-refractivity contribution is -0.140. The van der Waals surface area contributed by atoms with Gasteiger partial charge < -0.3 is 10.2 Å². The third-order valence-corrected chi connectivity index (χ3v) is 3.27. The predicted octanol–water partition coefficient (Wildman–Crippen LogP) is 2.38. The molecule has 0 saturated carbocycles. The second-order valence-corrected chi connectivity index (χ2v) is 4.74. The number of aromatic hydroxyl groups is 1. The average molecular weight is 301 g/mol. The summed E-state index contributed by atoms with van der Waals surface area (Å²) in [5.74, 6) is -1.63. The van der Waals surface area contributed by atoms with Crippen molar-refractivity contribution in [2.45, 2.75) is 19.8 Å². The van der Waals surface area contributed by atoms with Crippen LogP contribution in [0.5, 0.6) is 5.75 Å². The van der Waals surface area contributed by atoms with E-state index in [2.05, 4.69) is 15.9 Å². The zero-order chi connectivity index (χ0) is 13.0. The zero-order valence-corrected chi connectivity index (χ0v) is 10.9. The molecule has 0 radical (unpaired) electrons. The first-order chi connectivity index (χ1) is 7.90. The Hall–Kier alpha value is -1.36. The molecule has 1 unspecified atom stereocenters. The normalized spacial score (nSPS) is 12.1. The number of rotatable bonds is 5. The molecule has 0 fully saturated rings. The Bertz CT molecular complexity index is 442. The second kappa shape index (κ2) is 5.82. The van der Waals surface area contributed by atoms with Crippen molar-refractivity contribution in [1.82, 2.24) is 0 Å². The smallest absolute Gasteiger partial charge is 0.304 e. The van der Waals surface area contributed by atoms with Gasteiger partial charge in [0.1, 0.15) is 11.5 Å². The second-order valence-electron chi connectivity index (χ2n) is 3.89. The van der Waals surface area contributed by atoms with Crippen LogP contribution in [0.25, 0.3) is 0 Å². The van der Waals surface area contributed by atoms with Crippen LogP contribution in [0, 0.1) is 5.92 Å². The first kappa shape index (κ1) is 13.7. The maximum atomic E-state index is 11.3. The summed E-state index contributed by atoms with van der Waals surface area (Å²) < 4.78 is 0.756. The largest absolute Gasteiger partial charge is 0.508 e. The molecule has 0 amide bonds. The van der Waals surface area contributed by atoms with Crippen molar-refractivity contribution in [2.24, 2.45) is 5.92 Å². The number of phenols is 1. The minimum atomic E-state index is -0.999. The number of hydrogen-bond acceptors (Lipinski definition) is 3. The van der Waals surface area contributed by atoms with Gasteiger partial charge in [0.05, 0.1) is 6.42 Å². The maximum absolute atomic E-state index is 11.3. The van der Waals surface area contributed by atoms with Crippen molar-refractivity contribution in [3.63, 3.8) is 0 Å². The Morgan fingerprint density at radius 2 is 2.06 bits per heavy atom. The molecule has 0 spiro atoms. The molecule has 5 heteroatoms. The van der Waals surface area contributed by atoms with E-state index in [-0.39, 0.29) is 18.0 Å². The summed E-state index contributed by atoms with van der Waals surface area (Å²) in [5, 5.41) is 18.1. The van der Waals surface area contributed by atoms with E-state index in [1.807, 2.05) is 0 Å². The first-order valence-corrected chi connectivity index (χ1v) is 5.89. The molecule has 0 aliphatic rings. The summed E-state index contributed by atoms with van der Waals surface area (Å²) in [6.45, 7) is 1.38.